The van der Waals surface area contributed by atoms with E-state index in [4.69, 9.17) is 16.3 Å². The van der Waals surface area contributed by atoms with Crippen molar-refractivity contribution >= 4 is 11.6 Å². The Morgan fingerprint density at radius 2 is 1.70 bits per heavy atom. The van der Waals surface area contributed by atoms with Gasteiger partial charge in [0.2, 0.25) is 0 Å². The van der Waals surface area contributed by atoms with Crippen molar-refractivity contribution < 1.29 is 9.84 Å². The second kappa shape index (κ2) is 6.29. The molecule has 0 radical (unpaired) electrons. The second-order valence-corrected chi connectivity index (χ2v) is 5.60. The highest BCUT2D eigenvalue weighted by atomic mass is 35.5. The SMILES string of the molecule is CC(C)c1cccc(Oc2ccc(C(C)O)c(Cl)c2)c1. The second-order valence-electron chi connectivity index (χ2n) is 5.19. The Bertz CT molecular complexity index is 591. The van der Waals surface area contributed by atoms with Crippen molar-refractivity contribution in [2.75, 3.05) is 0 Å². The summed E-state index contributed by atoms with van der Waals surface area (Å²) in [6.45, 7) is 5.98. The van der Waals surface area contributed by atoms with Crippen molar-refractivity contribution in [2.24, 2.45) is 0 Å². The molecule has 1 atom stereocenters. The topological polar surface area (TPSA) is 29.5 Å². The average Bonchev–Trinajstić information content (AvgIpc) is 2.38. The molecule has 2 rings (SSSR count). The molecule has 2 aromatic rings. The van der Waals surface area contributed by atoms with Crippen molar-refractivity contribution in [1.29, 1.82) is 0 Å². The van der Waals surface area contributed by atoms with Crippen LogP contribution >= 0.6 is 11.6 Å². The quantitative estimate of drug-likeness (QED) is 0.827. The lowest BCUT2D eigenvalue weighted by Crippen LogP contribution is -1.93. The Hall–Kier alpha value is -1.51. The molecule has 0 saturated heterocycles. The molecule has 0 spiro atoms. The van der Waals surface area contributed by atoms with E-state index in [2.05, 4.69) is 19.9 Å². The first-order valence-corrected chi connectivity index (χ1v) is 7.10. The van der Waals surface area contributed by atoms with Crippen molar-refractivity contribution in [2.45, 2.75) is 32.8 Å². The van der Waals surface area contributed by atoms with Crippen LogP contribution in [-0.2, 0) is 0 Å². The third-order valence-electron chi connectivity index (χ3n) is 3.18. The lowest BCUT2D eigenvalue weighted by molar-refractivity contribution is 0.199. The fourth-order valence-corrected chi connectivity index (χ4v) is 2.31. The fourth-order valence-electron chi connectivity index (χ4n) is 1.98. The average molecular weight is 291 g/mol. The van der Waals surface area contributed by atoms with E-state index in [0.29, 0.717) is 22.3 Å². The molecule has 0 aliphatic rings. The summed E-state index contributed by atoms with van der Waals surface area (Å²) in [7, 11) is 0. The maximum atomic E-state index is 9.56. The van der Waals surface area contributed by atoms with Gasteiger partial charge in [-0.15, -0.1) is 0 Å². The highest BCUT2D eigenvalue weighted by molar-refractivity contribution is 6.31. The minimum atomic E-state index is -0.583. The maximum Gasteiger partial charge on any atom is 0.128 e. The van der Waals surface area contributed by atoms with E-state index in [9.17, 15) is 5.11 Å². The van der Waals surface area contributed by atoms with E-state index in [0.717, 1.165) is 5.75 Å². The van der Waals surface area contributed by atoms with Crippen LogP contribution in [0.1, 0.15) is 43.9 Å². The highest BCUT2D eigenvalue weighted by Gasteiger charge is 2.08. The molecule has 20 heavy (non-hydrogen) atoms. The Morgan fingerprint density at radius 3 is 2.30 bits per heavy atom. The zero-order chi connectivity index (χ0) is 14.7. The number of hydrogen-bond acceptors (Lipinski definition) is 2. The predicted molar refractivity (Wildman–Crippen MR) is 82.7 cm³/mol. The van der Waals surface area contributed by atoms with Crippen LogP contribution in [0.15, 0.2) is 42.5 Å². The largest absolute Gasteiger partial charge is 0.457 e. The molecular formula is C17H19ClO2. The number of halogens is 1. The number of benzene rings is 2. The molecule has 0 amide bonds. The molecule has 2 nitrogen and oxygen atoms in total. The van der Waals surface area contributed by atoms with Crippen molar-refractivity contribution in [3.63, 3.8) is 0 Å². The minimum absolute atomic E-state index is 0.458. The van der Waals surface area contributed by atoms with Gasteiger partial charge in [-0.3, -0.25) is 0 Å². The van der Waals surface area contributed by atoms with Gasteiger partial charge in [-0.25, -0.2) is 0 Å². The standard InChI is InChI=1S/C17H19ClO2/c1-11(2)13-5-4-6-14(9-13)20-15-7-8-16(12(3)19)17(18)10-15/h4-12,19H,1-3H3. The van der Waals surface area contributed by atoms with Gasteiger partial charge >= 0.3 is 0 Å². The molecular weight excluding hydrogens is 272 g/mol. The summed E-state index contributed by atoms with van der Waals surface area (Å²) in [5, 5.41) is 10.1. The van der Waals surface area contributed by atoms with E-state index >= 15 is 0 Å². The van der Waals surface area contributed by atoms with Crippen LogP contribution in [0.4, 0.5) is 0 Å². The van der Waals surface area contributed by atoms with E-state index in [1.165, 1.54) is 5.56 Å². The summed E-state index contributed by atoms with van der Waals surface area (Å²) in [5.74, 6) is 1.91. The van der Waals surface area contributed by atoms with Crippen LogP contribution in [-0.4, -0.2) is 5.11 Å². The molecule has 3 heteroatoms. The van der Waals surface area contributed by atoms with Crippen LogP contribution < -0.4 is 4.74 Å². The van der Waals surface area contributed by atoms with Crippen molar-refractivity contribution in [3.8, 4) is 11.5 Å². The first kappa shape index (κ1) is 14.9. The third-order valence-corrected chi connectivity index (χ3v) is 3.51. The van der Waals surface area contributed by atoms with Gasteiger partial charge < -0.3 is 9.84 Å². The number of hydrogen-bond donors (Lipinski definition) is 1. The highest BCUT2D eigenvalue weighted by Crippen LogP contribution is 2.30. The monoisotopic (exact) mass is 290 g/mol. The molecule has 0 aliphatic carbocycles. The summed E-state index contributed by atoms with van der Waals surface area (Å²) >= 11 is 6.13. The lowest BCUT2D eigenvalue weighted by Gasteiger charge is -2.12. The van der Waals surface area contributed by atoms with Gasteiger partial charge in [0.05, 0.1) is 11.1 Å². The molecule has 0 heterocycles. The third kappa shape index (κ3) is 3.53. The van der Waals surface area contributed by atoms with Gasteiger partial charge in [0, 0.05) is 0 Å². The zero-order valence-corrected chi connectivity index (χ0v) is 12.7. The van der Waals surface area contributed by atoms with Gasteiger partial charge in [0.1, 0.15) is 11.5 Å². The number of aliphatic hydroxyl groups is 1. The molecule has 0 fully saturated rings. The summed E-state index contributed by atoms with van der Waals surface area (Å²) < 4.78 is 5.82. The molecule has 0 aromatic heterocycles. The molecule has 106 valence electrons. The van der Waals surface area contributed by atoms with Crippen LogP contribution in [0.25, 0.3) is 0 Å². The van der Waals surface area contributed by atoms with Crippen LogP contribution in [0.3, 0.4) is 0 Å². The summed E-state index contributed by atoms with van der Waals surface area (Å²) in [5.41, 5.74) is 1.93. The molecule has 0 saturated carbocycles. The van der Waals surface area contributed by atoms with E-state index < -0.39 is 6.10 Å². The molecule has 1 unspecified atom stereocenters. The van der Waals surface area contributed by atoms with Crippen molar-refractivity contribution in [1.82, 2.24) is 0 Å². The lowest BCUT2D eigenvalue weighted by atomic mass is 10.0. The number of ether oxygens (including phenoxy) is 1. The fraction of sp³-hybridized carbons (Fsp3) is 0.294. The Balaban J connectivity index is 2.22. The van der Waals surface area contributed by atoms with Crippen LogP contribution in [0.5, 0.6) is 11.5 Å². The van der Waals surface area contributed by atoms with Crippen LogP contribution in [0, 0.1) is 0 Å². The smallest absolute Gasteiger partial charge is 0.128 e. The van der Waals surface area contributed by atoms with Crippen LogP contribution in [0.2, 0.25) is 5.02 Å². The first-order chi connectivity index (χ1) is 9.47. The van der Waals surface area contributed by atoms with E-state index in [-0.39, 0.29) is 0 Å². The summed E-state index contributed by atoms with van der Waals surface area (Å²) in [6, 6.07) is 13.3. The summed E-state index contributed by atoms with van der Waals surface area (Å²) in [6.07, 6.45) is -0.583. The van der Waals surface area contributed by atoms with Gasteiger partial charge in [-0.1, -0.05) is 43.6 Å². The number of rotatable bonds is 4. The Kier molecular flexibility index (Phi) is 4.69. The molecule has 2 aromatic carbocycles. The Labute approximate surface area is 125 Å². The zero-order valence-electron chi connectivity index (χ0n) is 11.9. The molecule has 1 N–H and O–H groups in total. The minimum Gasteiger partial charge on any atom is -0.457 e. The maximum absolute atomic E-state index is 9.56. The molecule has 0 aliphatic heterocycles. The van der Waals surface area contributed by atoms with E-state index in [1.807, 2.05) is 24.3 Å². The number of aliphatic hydroxyl groups excluding tert-OH is 1. The van der Waals surface area contributed by atoms with Crippen molar-refractivity contribution in [3.05, 3.63) is 58.6 Å². The normalized spacial score (nSPS) is 12.5. The van der Waals surface area contributed by atoms with Gasteiger partial charge in [-0.2, -0.15) is 0 Å². The van der Waals surface area contributed by atoms with Gasteiger partial charge in [0.25, 0.3) is 0 Å². The van der Waals surface area contributed by atoms with Gasteiger partial charge in [-0.05, 0) is 48.2 Å². The molecule has 0 bridgehead atoms. The van der Waals surface area contributed by atoms with E-state index in [1.54, 1.807) is 19.1 Å². The Morgan fingerprint density at radius 1 is 1.00 bits per heavy atom. The first-order valence-electron chi connectivity index (χ1n) is 6.72. The summed E-state index contributed by atoms with van der Waals surface area (Å²) in [4.78, 5) is 0. The van der Waals surface area contributed by atoms with Gasteiger partial charge in [0.15, 0.2) is 0 Å². The predicted octanol–water partition coefficient (Wildman–Crippen LogP) is 5.31.